The van der Waals surface area contributed by atoms with Crippen LogP contribution >= 0.6 is 0 Å². The van der Waals surface area contributed by atoms with Crippen LogP contribution in [0.4, 0.5) is 30.4 Å². The first-order valence-corrected chi connectivity index (χ1v) is 7.14. The fourth-order valence-electron chi connectivity index (χ4n) is 2.01. The Labute approximate surface area is 140 Å². The van der Waals surface area contributed by atoms with E-state index in [0.29, 0.717) is 17.6 Å². The fourth-order valence-corrected chi connectivity index (χ4v) is 2.01. The lowest BCUT2D eigenvalue weighted by molar-refractivity contribution is 0.102. The molecule has 1 heterocycles. The highest BCUT2D eigenvalue weighted by Crippen LogP contribution is 2.17. The number of amides is 1. The van der Waals surface area contributed by atoms with Gasteiger partial charge >= 0.3 is 0 Å². The van der Waals surface area contributed by atoms with Gasteiger partial charge in [0, 0.05) is 11.8 Å². The summed E-state index contributed by atoms with van der Waals surface area (Å²) in [5, 5.41) is 12.6. The van der Waals surface area contributed by atoms with E-state index in [0.717, 1.165) is 12.1 Å². The molecule has 0 fully saturated rings. The van der Waals surface area contributed by atoms with Crippen LogP contribution in [0.1, 0.15) is 10.5 Å². The molecule has 0 atom stereocenters. The fraction of sp³-hybridized carbons (Fsp3) is 0. The molecule has 3 aromatic rings. The van der Waals surface area contributed by atoms with E-state index in [4.69, 9.17) is 0 Å². The predicted molar refractivity (Wildman–Crippen MR) is 86.0 cm³/mol. The van der Waals surface area contributed by atoms with Crippen molar-refractivity contribution >= 4 is 23.1 Å². The third-order valence-corrected chi connectivity index (χ3v) is 3.17. The van der Waals surface area contributed by atoms with Gasteiger partial charge in [0.2, 0.25) is 0 Å². The Kier molecular flexibility index (Phi) is 4.60. The largest absolute Gasteiger partial charge is 0.339 e. The van der Waals surface area contributed by atoms with Gasteiger partial charge in [-0.3, -0.25) is 4.79 Å². The molecule has 8 heteroatoms. The van der Waals surface area contributed by atoms with Gasteiger partial charge in [0.05, 0.1) is 5.69 Å². The Morgan fingerprint density at radius 3 is 2.36 bits per heavy atom. The molecule has 3 rings (SSSR count). The quantitative estimate of drug-likeness (QED) is 0.753. The molecule has 2 aromatic carbocycles. The molecule has 126 valence electrons. The van der Waals surface area contributed by atoms with Gasteiger partial charge in [-0.15, -0.1) is 10.2 Å². The van der Waals surface area contributed by atoms with E-state index in [1.165, 1.54) is 30.3 Å². The van der Waals surface area contributed by atoms with Crippen LogP contribution in [0.15, 0.2) is 54.6 Å². The minimum atomic E-state index is -0.897. The monoisotopic (exact) mass is 344 g/mol. The van der Waals surface area contributed by atoms with Gasteiger partial charge in [-0.25, -0.2) is 13.2 Å². The molecule has 2 N–H and O–H groups in total. The average Bonchev–Trinajstić information content (AvgIpc) is 2.58. The molecule has 25 heavy (non-hydrogen) atoms. The van der Waals surface area contributed by atoms with E-state index in [1.54, 1.807) is 6.07 Å². The second-order valence-electron chi connectivity index (χ2n) is 5.02. The van der Waals surface area contributed by atoms with E-state index in [9.17, 15) is 18.0 Å². The number of hydrogen-bond donors (Lipinski definition) is 2. The number of rotatable bonds is 4. The Balaban J connectivity index is 1.70. The summed E-state index contributed by atoms with van der Waals surface area (Å²) < 4.78 is 39.5. The van der Waals surface area contributed by atoms with E-state index < -0.39 is 23.4 Å². The minimum Gasteiger partial charge on any atom is -0.339 e. The third-order valence-electron chi connectivity index (χ3n) is 3.17. The lowest BCUT2D eigenvalue weighted by atomic mass is 10.2. The number of nitrogens with zero attached hydrogens (tertiary/aromatic N) is 2. The first kappa shape index (κ1) is 16.4. The summed E-state index contributed by atoms with van der Waals surface area (Å²) in [6.45, 7) is 0. The van der Waals surface area contributed by atoms with Gasteiger partial charge in [-0.05, 0) is 42.5 Å². The molecule has 0 aliphatic carbocycles. The van der Waals surface area contributed by atoms with Crippen molar-refractivity contribution in [1.82, 2.24) is 10.2 Å². The van der Waals surface area contributed by atoms with E-state index in [1.807, 2.05) is 0 Å². The molecule has 0 unspecified atom stereocenters. The summed E-state index contributed by atoms with van der Waals surface area (Å²) in [5.74, 6) is -2.45. The van der Waals surface area contributed by atoms with Gasteiger partial charge in [0.15, 0.2) is 11.5 Å². The molecule has 0 radical (unpaired) electrons. The van der Waals surface area contributed by atoms with Crippen LogP contribution in [-0.2, 0) is 0 Å². The van der Waals surface area contributed by atoms with Crippen LogP contribution in [0.2, 0.25) is 0 Å². The lowest BCUT2D eigenvalue weighted by Crippen LogP contribution is -2.15. The topological polar surface area (TPSA) is 66.9 Å². The van der Waals surface area contributed by atoms with E-state index in [2.05, 4.69) is 20.8 Å². The van der Waals surface area contributed by atoms with Crippen molar-refractivity contribution in [3.63, 3.8) is 0 Å². The van der Waals surface area contributed by atoms with E-state index in [-0.39, 0.29) is 11.4 Å². The van der Waals surface area contributed by atoms with Crippen molar-refractivity contribution in [1.29, 1.82) is 0 Å². The maximum atomic E-state index is 13.5. The maximum Gasteiger partial charge on any atom is 0.276 e. The number of aromatic nitrogens is 2. The third kappa shape index (κ3) is 4.11. The number of carbonyl (C=O) groups excluding carboxylic acids is 1. The van der Waals surface area contributed by atoms with Crippen molar-refractivity contribution in [3.05, 3.63) is 77.7 Å². The van der Waals surface area contributed by atoms with Crippen LogP contribution in [0.25, 0.3) is 0 Å². The zero-order valence-electron chi connectivity index (χ0n) is 12.6. The maximum absolute atomic E-state index is 13.5. The predicted octanol–water partition coefficient (Wildman–Crippen LogP) is 3.89. The van der Waals surface area contributed by atoms with Crippen LogP contribution in [0, 0.1) is 17.5 Å². The minimum absolute atomic E-state index is 0.0616. The summed E-state index contributed by atoms with van der Waals surface area (Å²) in [6, 6.07) is 11.4. The summed E-state index contributed by atoms with van der Waals surface area (Å²) in [4.78, 5) is 12.0. The van der Waals surface area contributed by atoms with Gasteiger partial charge in [0.25, 0.3) is 5.91 Å². The summed E-state index contributed by atoms with van der Waals surface area (Å²) in [6.07, 6.45) is 0. The van der Waals surface area contributed by atoms with Gasteiger partial charge in [-0.1, -0.05) is 6.07 Å². The van der Waals surface area contributed by atoms with Crippen LogP contribution in [0.5, 0.6) is 0 Å². The number of nitrogens with one attached hydrogen (secondary N) is 2. The molecule has 0 bridgehead atoms. The summed E-state index contributed by atoms with van der Waals surface area (Å²) in [7, 11) is 0. The van der Waals surface area contributed by atoms with E-state index >= 15 is 0 Å². The molecular formula is C17H11F3N4O. The highest BCUT2D eigenvalue weighted by atomic mass is 19.1. The Hall–Kier alpha value is -3.42. The molecule has 5 nitrogen and oxygen atoms in total. The zero-order valence-corrected chi connectivity index (χ0v) is 12.6. The van der Waals surface area contributed by atoms with Crippen molar-refractivity contribution in [3.8, 4) is 0 Å². The Morgan fingerprint density at radius 2 is 1.68 bits per heavy atom. The standard InChI is InChI=1S/C17H11F3N4O/c18-10-2-1-3-12(8-10)21-16-7-6-15(23-24-16)17(25)22-14-5-4-11(19)9-13(14)20/h1-9H,(H,21,24)(H,22,25). The smallest absolute Gasteiger partial charge is 0.276 e. The second-order valence-corrected chi connectivity index (χ2v) is 5.02. The molecule has 0 aliphatic heterocycles. The van der Waals surface area contributed by atoms with Crippen LogP contribution in [0.3, 0.4) is 0 Å². The van der Waals surface area contributed by atoms with Crippen molar-refractivity contribution in [2.45, 2.75) is 0 Å². The molecule has 0 spiro atoms. The molecule has 0 saturated heterocycles. The number of benzene rings is 2. The molecule has 0 aliphatic rings. The van der Waals surface area contributed by atoms with Gasteiger partial charge in [0.1, 0.15) is 17.5 Å². The van der Waals surface area contributed by atoms with Crippen LogP contribution < -0.4 is 10.6 Å². The molecule has 1 amide bonds. The first-order chi connectivity index (χ1) is 12.0. The number of halogens is 3. The highest BCUT2D eigenvalue weighted by molar-refractivity contribution is 6.02. The average molecular weight is 344 g/mol. The number of carbonyl (C=O) groups is 1. The SMILES string of the molecule is O=C(Nc1ccc(F)cc1F)c1ccc(Nc2cccc(F)c2)nn1. The second kappa shape index (κ2) is 7.00. The van der Waals surface area contributed by atoms with Crippen LogP contribution in [-0.4, -0.2) is 16.1 Å². The lowest BCUT2D eigenvalue weighted by Gasteiger charge is -2.07. The molecule has 0 saturated carbocycles. The van der Waals surface area contributed by atoms with Crippen molar-refractivity contribution in [2.24, 2.45) is 0 Å². The molecule has 1 aromatic heterocycles. The number of anilines is 3. The zero-order chi connectivity index (χ0) is 17.8. The number of hydrogen-bond acceptors (Lipinski definition) is 4. The Morgan fingerprint density at radius 1 is 0.880 bits per heavy atom. The summed E-state index contributed by atoms with van der Waals surface area (Å²) in [5.41, 5.74) is 0.239. The highest BCUT2D eigenvalue weighted by Gasteiger charge is 2.12. The normalized spacial score (nSPS) is 10.4. The summed E-state index contributed by atoms with van der Waals surface area (Å²) >= 11 is 0. The first-order valence-electron chi connectivity index (χ1n) is 7.14. The molecular weight excluding hydrogens is 333 g/mol. The van der Waals surface area contributed by atoms with Gasteiger partial charge in [-0.2, -0.15) is 0 Å². The van der Waals surface area contributed by atoms with Gasteiger partial charge < -0.3 is 10.6 Å². The van der Waals surface area contributed by atoms with Crippen molar-refractivity contribution < 1.29 is 18.0 Å². The Bertz CT molecular complexity index is 916. The van der Waals surface area contributed by atoms with Crippen molar-refractivity contribution in [2.75, 3.05) is 10.6 Å².